The fourth-order valence-corrected chi connectivity index (χ4v) is 5.45. The van der Waals surface area contributed by atoms with Crippen LogP contribution in [-0.4, -0.2) is 7.11 Å². The number of methoxy groups -OCH3 is 1. The maximum Gasteiger partial charge on any atom is 0.118 e. The summed E-state index contributed by atoms with van der Waals surface area (Å²) in [6, 6.07) is 8.63. The third kappa shape index (κ3) is 5.61. The Bertz CT molecular complexity index is 520. The first-order valence-electron chi connectivity index (χ1n) is 10.2. The predicted octanol–water partition coefficient (Wildman–Crippen LogP) is 7.15. The summed E-state index contributed by atoms with van der Waals surface area (Å²) in [5.74, 6) is 4.78. The number of hydrogen-bond acceptors (Lipinski definition) is 1. The van der Waals surface area contributed by atoms with Gasteiger partial charge in [0.2, 0.25) is 0 Å². The zero-order chi connectivity index (χ0) is 17.5. The van der Waals surface area contributed by atoms with E-state index < -0.39 is 0 Å². The van der Waals surface area contributed by atoms with E-state index in [1.165, 1.54) is 69.8 Å². The summed E-state index contributed by atoms with van der Waals surface area (Å²) >= 11 is 3.44. The van der Waals surface area contributed by atoms with Gasteiger partial charge in [-0.15, -0.1) is 0 Å². The molecule has 0 unspecified atom stereocenters. The van der Waals surface area contributed by atoms with E-state index in [0.717, 1.165) is 29.4 Å². The van der Waals surface area contributed by atoms with E-state index in [1.807, 2.05) is 0 Å². The van der Waals surface area contributed by atoms with Gasteiger partial charge in [0.1, 0.15) is 5.75 Å². The molecule has 0 saturated heterocycles. The highest BCUT2D eigenvalue weighted by Gasteiger charge is 2.30. The second-order valence-electron chi connectivity index (χ2n) is 8.16. The van der Waals surface area contributed by atoms with E-state index >= 15 is 0 Å². The number of aryl methyl sites for hydroxylation is 1. The van der Waals surface area contributed by atoms with Gasteiger partial charge in [-0.1, -0.05) is 47.0 Å². The third-order valence-corrected chi connectivity index (χ3v) is 7.03. The van der Waals surface area contributed by atoms with Gasteiger partial charge in [-0.2, -0.15) is 0 Å². The van der Waals surface area contributed by atoms with Crippen LogP contribution in [0.25, 0.3) is 0 Å². The monoisotopic (exact) mass is 404 g/mol. The molecule has 2 aliphatic carbocycles. The standard InChI is InChI=1S/C23H33BrO/c1-25-23-14-8-19(9-15-23)3-2-18-4-10-21(11-5-18)22-12-6-20(7-13-22)16-17-24/h8-9,14-18,20-22H,2-7,10-13H2,1H3. The highest BCUT2D eigenvalue weighted by Crippen LogP contribution is 2.42. The van der Waals surface area contributed by atoms with E-state index in [2.05, 4.69) is 51.3 Å². The molecule has 1 aromatic carbocycles. The molecule has 0 amide bonds. The minimum Gasteiger partial charge on any atom is -0.497 e. The van der Waals surface area contributed by atoms with E-state index in [9.17, 15) is 0 Å². The molecule has 0 bridgehead atoms. The van der Waals surface area contributed by atoms with Crippen LogP contribution >= 0.6 is 15.9 Å². The van der Waals surface area contributed by atoms with Crippen LogP contribution in [0.2, 0.25) is 0 Å². The molecule has 2 fully saturated rings. The molecule has 0 heterocycles. The van der Waals surface area contributed by atoms with Crippen molar-refractivity contribution in [1.29, 1.82) is 0 Å². The van der Waals surface area contributed by atoms with Crippen LogP contribution in [-0.2, 0) is 6.42 Å². The average Bonchev–Trinajstić information content (AvgIpc) is 2.68. The van der Waals surface area contributed by atoms with Crippen LogP contribution in [0.1, 0.15) is 63.4 Å². The van der Waals surface area contributed by atoms with E-state index in [4.69, 9.17) is 4.74 Å². The fourth-order valence-electron chi connectivity index (χ4n) is 5.02. The normalized spacial score (nSPS) is 30.5. The second kappa shape index (κ2) is 9.80. The summed E-state index contributed by atoms with van der Waals surface area (Å²) < 4.78 is 5.25. The molecule has 3 rings (SSSR count). The molecular formula is C23H33BrO. The number of halogens is 1. The van der Waals surface area contributed by atoms with Gasteiger partial charge in [0.15, 0.2) is 0 Å². The van der Waals surface area contributed by atoms with Gasteiger partial charge in [0.25, 0.3) is 0 Å². The number of allylic oxidation sites excluding steroid dienone is 1. The van der Waals surface area contributed by atoms with Gasteiger partial charge in [0.05, 0.1) is 7.11 Å². The molecule has 25 heavy (non-hydrogen) atoms. The van der Waals surface area contributed by atoms with Crippen molar-refractivity contribution >= 4 is 15.9 Å². The van der Waals surface area contributed by atoms with Gasteiger partial charge in [-0.05, 0) is 97.7 Å². The molecule has 2 heteroatoms. The fraction of sp³-hybridized carbons (Fsp3) is 0.652. The number of hydrogen-bond donors (Lipinski definition) is 0. The van der Waals surface area contributed by atoms with E-state index in [0.29, 0.717) is 0 Å². The smallest absolute Gasteiger partial charge is 0.118 e. The van der Waals surface area contributed by atoms with Crippen LogP contribution in [0.5, 0.6) is 5.75 Å². The average molecular weight is 405 g/mol. The van der Waals surface area contributed by atoms with Crippen molar-refractivity contribution in [3.63, 3.8) is 0 Å². The summed E-state index contributed by atoms with van der Waals surface area (Å²) in [6.45, 7) is 0. The van der Waals surface area contributed by atoms with Crippen molar-refractivity contribution in [2.24, 2.45) is 23.7 Å². The number of benzene rings is 1. The summed E-state index contributed by atoms with van der Waals surface area (Å²) in [6.07, 6.45) is 16.6. The Morgan fingerprint density at radius 1 is 0.920 bits per heavy atom. The van der Waals surface area contributed by atoms with Gasteiger partial charge >= 0.3 is 0 Å². The molecule has 0 atom stereocenters. The van der Waals surface area contributed by atoms with Gasteiger partial charge < -0.3 is 4.74 Å². The van der Waals surface area contributed by atoms with Crippen molar-refractivity contribution in [2.75, 3.05) is 7.11 Å². The first kappa shape index (κ1) is 19.0. The quantitative estimate of drug-likeness (QED) is 0.488. The van der Waals surface area contributed by atoms with Crippen LogP contribution in [0, 0.1) is 23.7 Å². The molecule has 0 aliphatic heterocycles. The van der Waals surface area contributed by atoms with Crippen LogP contribution in [0.4, 0.5) is 0 Å². The Labute approximate surface area is 162 Å². The summed E-state index contributed by atoms with van der Waals surface area (Å²) in [4.78, 5) is 2.06. The highest BCUT2D eigenvalue weighted by molar-refractivity contribution is 9.11. The molecule has 1 aromatic rings. The first-order chi connectivity index (χ1) is 12.3. The van der Waals surface area contributed by atoms with E-state index in [1.54, 1.807) is 7.11 Å². The van der Waals surface area contributed by atoms with Crippen molar-refractivity contribution in [3.05, 3.63) is 40.9 Å². The second-order valence-corrected chi connectivity index (χ2v) is 8.69. The lowest BCUT2D eigenvalue weighted by molar-refractivity contribution is 0.153. The topological polar surface area (TPSA) is 9.23 Å². The largest absolute Gasteiger partial charge is 0.497 e. The SMILES string of the molecule is COc1ccc(CCC2CCC(C3CCC(C=CBr)CC3)CC2)cc1. The van der Waals surface area contributed by atoms with Gasteiger partial charge in [-0.3, -0.25) is 0 Å². The molecule has 2 aliphatic rings. The maximum atomic E-state index is 5.25. The molecule has 0 aromatic heterocycles. The lowest BCUT2D eigenvalue weighted by atomic mass is 9.68. The molecule has 0 radical (unpaired) electrons. The molecule has 0 spiro atoms. The van der Waals surface area contributed by atoms with Gasteiger partial charge in [0, 0.05) is 0 Å². The Hall–Kier alpha value is -0.760. The minimum atomic E-state index is 0.830. The van der Waals surface area contributed by atoms with Crippen LogP contribution < -0.4 is 4.74 Å². The zero-order valence-corrected chi connectivity index (χ0v) is 17.2. The predicted molar refractivity (Wildman–Crippen MR) is 110 cm³/mol. The summed E-state index contributed by atoms with van der Waals surface area (Å²) in [5.41, 5.74) is 1.46. The molecule has 1 nitrogen and oxygen atoms in total. The van der Waals surface area contributed by atoms with Crippen molar-refractivity contribution < 1.29 is 4.74 Å². The minimum absolute atomic E-state index is 0.830. The summed E-state index contributed by atoms with van der Waals surface area (Å²) in [7, 11) is 1.73. The highest BCUT2D eigenvalue weighted by atomic mass is 79.9. The lowest BCUT2D eigenvalue weighted by Crippen LogP contribution is -2.25. The van der Waals surface area contributed by atoms with Gasteiger partial charge in [-0.25, -0.2) is 0 Å². The Morgan fingerprint density at radius 2 is 1.52 bits per heavy atom. The van der Waals surface area contributed by atoms with E-state index in [-0.39, 0.29) is 0 Å². The van der Waals surface area contributed by atoms with Crippen LogP contribution in [0.15, 0.2) is 35.3 Å². The molecule has 138 valence electrons. The van der Waals surface area contributed by atoms with Crippen molar-refractivity contribution in [3.8, 4) is 5.75 Å². The lowest BCUT2D eigenvalue weighted by Gasteiger charge is -2.37. The van der Waals surface area contributed by atoms with Crippen LogP contribution in [0.3, 0.4) is 0 Å². The third-order valence-electron chi connectivity index (χ3n) is 6.72. The maximum absolute atomic E-state index is 5.25. The Morgan fingerprint density at radius 3 is 2.08 bits per heavy atom. The van der Waals surface area contributed by atoms with Crippen molar-refractivity contribution in [1.82, 2.24) is 0 Å². The molecular weight excluding hydrogens is 372 g/mol. The first-order valence-corrected chi connectivity index (χ1v) is 11.1. The Balaban J connectivity index is 1.37. The Kier molecular flexibility index (Phi) is 7.46. The number of ether oxygens (including phenoxy) is 1. The molecule has 0 N–H and O–H groups in total. The summed E-state index contributed by atoms with van der Waals surface area (Å²) in [5, 5.41) is 0. The number of rotatable bonds is 6. The molecule has 2 saturated carbocycles. The zero-order valence-electron chi connectivity index (χ0n) is 15.6. The van der Waals surface area contributed by atoms with Crippen molar-refractivity contribution in [2.45, 2.75) is 64.2 Å².